The number of hydrogen-bond donors (Lipinski definition) is 1. The topological polar surface area (TPSA) is 75.7 Å². The molecule has 168 valence electrons. The zero-order valence-corrected chi connectivity index (χ0v) is 17.8. The SMILES string of the molecule is COc1ccc(/C=C2\SC(=O)N(CCNC(=O)Cc3cccc(C(F)(F)F)c3)C2=O)cc1. The van der Waals surface area contributed by atoms with Crippen molar-refractivity contribution in [3.63, 3.8) is 0 Å². The van der Waals surface area contributed by atoms with E-state index in [1.807, 2.05) is 0 Å². The summed E-state index contributed by atoms with van der Waals surface area (Å²) in [6, 6.07) is 11.5. The molecule has 1 fully saturated rings. The summed E-state index contributed by atoms with van der Waals surface area (Å²) in [6.07, 6.45) is -3.14. The van der Waals surface area contributed by atoms with E-state index in [0.29, 0.717) is 5.75 Å². The summed E-state index contributed by atoms with van der Waals surface area (Å²) in [5.41, 5.74) is 0.112. The van der Waals surface area contributed by atoms with Gasteiger partial charge in [-0.15, -0.1) is 0 Å². The van der Waals surface area contributed by atoms with Gasteiger partial charge in [-0.3, -0.25) is 19.3 Å². The van der Waals surface area contributed by atoms with Crippen LogP contribution in [0.3, 0.4) is 0 Å². The number of hydrogen-bond acceptors (Lipinski definition) is 5. The van der Waals surface area contributed by atoms with Crippen molar-refractivity contribution in [3.05, 3.63) is 70.1 Å². The first-order valence-electron chi connectivity index (χ1n) is 9.49. The Kier molecular flexibility index (Phi) is 7.24. The quantitative estimate of drug-likeness (QED) is 0.625. The van der Waals surface area contributed by atoms with Gasteiger partial charge in [0.25, 0.3) is 11.1 Å². The van der Waals surface area contributed by atoms with Crippen molar-refractivity contribution >= 4 is 34.9 Å². The number of carbonyl (C=O) groups is 3. The number of rotatable bonds is 7. The lowest BCUT2D eigenvalue weighted by molar-refractivity contribution is -0.137. The number of amides is 3. The Morgan fingerprint density at radius 2 is 1.88 bits per heavy atom. The summed E-state index contributed by atoms with van der Waals surface area (Å²) in [7, 11) is 1.54. The second kappa shape index (κ2) is 9.90. The first-order valence-corrected chi connectivity index (χ1v) is 10.3. The minimum Gasteiger partial charge on any atom is -0.497 e. The average molecular weight is 464 g/mol. The highest BCUT2D eigenvalue weighted by Gasteiger charge is 2.34. The van der Waals surface area contributed by atoms with E-state index in [9.17, 15) is 27.6 Å². The Morgan fingerprint density at radius 3 is 2.53 bits per heavy atom. The molecule has 1 N–H and O–H groups in total. The zero-order valence-electron chi connectivity index (χ0n) is 16.9. The molecule has 0 radical (unpaired) electrons. The number of thioether (sulfide) groups is 1. The predicted molar refractivity (Wildman–Crippen MR) is 114 cm³/mol. The molecule has 0 atom stereocenters. The van der Waals surface area contributed by atoms with Crippen molar-refractivity contribution in [1.82, 2.24) is 10.2 Å². The van der Waals surface area contributed by atoms with Gasteiger partial charge < -0.3 is 10.1 Å². The summed E-state index contributed by atoms with van der Waals surface area (Å²) in [5, 5.41) is 2.07. The number of ether oxygens (including phenoxy) is 1. The Hall–Kier alpha value is -3.27. The normalized spacial score (nSPS) is 15.4. The summed E-state index contributed by atoms with van der Waals surface area (Å²) in [5.74, 6) is -0.316. The molecule has 0 saturated carbocycles. The van der Waals surface area contributed by atoms with E-state index in [-0.39, 0.29) is 30.0 Å². The van der Waals surface area contributed by atoms with E-state index >= 15 is 0 Å². The highest BCUT2D eigenvalue weighted by atomic mass is 32.2. The highest BCUT2D eigenvalue weighted by Crippen LogP contribution is 2.32. The molecule has 1 heterocycles. The maximum Gasteiger partial charge on any atom is 0.416 e. The van der Waals surface area contributed by atoms with Crippen LogP contribution < -0.4 is 10.1 Å². The van der Waals surface area contributed by atoms with E-state index in [2.05, 4.69) is 5.32 Å². The fraction of sp³-hybridized carbons (Fsp3) is 0.227. The molecule has 3 amide bonds. The van der Waals surface area contributed by atoms with Crippen LogP contribution in [0.2, 0.25) is 0 Å². The number of methoxy groups -OCH3 is 1. The Balaban J connectivity index is 1.53. The van der Waals surface area contributed by atoms with Gasteiger partial charge in [0.1, 0.15) is 5.75 Å². The average Bonchev–Trinajstić information content (AvgIpc) is 3.01. The number of nitrogens with zero attached hydrogens (tertiary/aromatic N) is 1. The van der Waals surface area contributed by atoms with Gasteiger partial charge in [-0.2, -0.15) is 13.2 Å². The van der Waals surface area contributed by atoms with Crippen LogP contribution in [0.1, 0.15) is 16.7 Å². The number of benzene rings is 2. The molecule has 3 rings (SSSR count). The molecule has 0 spiro atoms. The lowest BCUT2D eigenvalue weighted by Crippen LogP contribution is -2.37. The van der Waals surface area contributed by atoms with Crippen LogP contribution in [0.25, 0.3) is 6.08 Å². The molecular formula is C22H19F3N2O4S. The predicted octanol–water partition coefficient (Wildman–Crippen LogP) is 4.11. The van der Waals surface area contributed by atoms with Gasteiger partial charge in [0.05, 0.1) is 24.0 Å². The third-order valence-electron chi connectivity index (χ3n) is 4.56. The van der Waals surface area contributed by atoms with Crippen LogP contribution in [0.4, 0.5) is 18.0 Å². The van der Waals surface area contributed by atoms with Crippen LogP contribution in [0, 0.1) is 0 Å². The third kappa shape index (κ3) is 5.91. The molecule has 1 aliphatic heterocycles. The molecule has 0 aromatic heterocycles. The summed E-state index contributed by atoms with van der Waals surface area (Å²) >= 11 is 0.800. The number of nitrogens with one attached hydrogen (secondary N) is 1. The Labute approximate surface area is 186 Å². The molecule has 2 aromatic carbocycles. The van der Waals surface area contributed by atoms with Gasteiger partial charge in [-0.05, 0) is 47.2 Å². The molecule has 6 nitrogen and oxygen atoms in total. The fourth-order valence-corrected chi connectivity index (χ4v) is 3.82. The lowest BCUT2D eigenvalue weighted by atomic mass is 10.1. The van der Waals surface area contributed by atoms with Gasteiger partial charge in [0.2, 0.25) is 5.91 Å². The lowest BCUT2D eigenvalue weighted by Gasteiger charge is -2.13. The van der Waals surface area contributed by atoms with Crippen molar-refractivity contribution < 1.29 is 32.3 Å². The van der Waals surface area contributed by atoms with Gasteiger partial charge >= 0.3 is 6.18 Å². The van der Waals surface area contributed by atoms with E-state index in [1.165, 1.54) is 12.1 Å². The Bertz CT molecular complexity index is 1050. The van der Waals surface area contributed by atoms with Crippen molar-refractivity contribution in [2.24, 2.45) is 0 Å². The molecule has 0 bridgehead atoms. The van der Waals surface area contributed by atoms with Crippen LogP contribution in [0.5, 0.6) is 5.75 Å². The molecule has 0 unspecified atom stereocenters. The second-order valence-electron chi connectivity index (χ2n) is 6.83. The van der Waals surface area contributed by atoms with Crippen LogP contribution in [0.15, 0.2) is 53.4 Å². The molecule has 10 heteroatoms. The second-order valence-corrected chi connectivity index (χ2v) is 7.82. The number of alkyl halides is 3. The van der Waals surface area contributed by atoms with Gasteiger partial charge in [-0.25, -0.2) is 0 Å². The molecular weight excluding hydrogens is 445 g/mol. The zero-order chi connectivity index (χ0) is 23.3. The number of halogens is 3. The molecule has 2 aromatic rings. The maximum absolute atomic E-state index is 12.8. The number of imide groups is 1. The smallest absolute Gasteiger partial charge is 0.416 e. The summed E-state index contributed by atoms with van der Waals surface area (Å²) < 4.78 is 43.4. The van der Waals surface area contributed by atoms with Crippen LogP contribution in [-0.4, -0.2) is 42.2 Å². The Morgan fingerprint density at radius 1 is 1.16 bits per heavy atom. The molecule has 0 aliphatic carbocycles. The first-order chi connectivity index (χ1) is 15.2. The van der Waals surface area contributed by atoms with Crippen molar-refractivity contribution in [3.8, 4) is 5.75 Å². The minimum atomic E-state index is -4.49. The minimum absolute atomic E-state index is 0.00828. The van der Waals surface area contributed by atoms with Crippen LogP contribution >= 0.6 is 11.8 Å². The maximum atomic E-state index is 12.8. The van der Waals surface area contributed by atoms with Crippen LogP contribution in [-0.2, 0) is 22.2 Å². The van der Waals surface area contributed by atoms with E-state index < -0.39 is 28.8 Å². The fourth-order valence-electron chi connectivity index (χ4n) is 2.96. The monoisotopic (exact) mass is 464 g/mol. The molecule has 1 saturated heterocycles. The van der Waals surface area contributed by atoms with Gasteiger partial charge in [-0.1, -0.05) is 30.3 Å². The highest BCUT2D eigenvalue weighted by molar-refractivity contribution is 8.18. The largest absolute Gasteiger partial charge is 0.497 e. The third-order valence-corrected chi connectivity index (χ3v) is 5.47. The first kappa shape index (κ1) is 23.4. The summed E-state index contributed by atoms with van der Waals surface area (Å²) in [6.45, 7) is -0.0510. The van der Waals surface area contributed by atoms with E-state index in [4.69, 9.17) is 4.74 Å². The van der Waals surface area contributed by atoms with Crippen molar-refractivity contribution in [1.29, 1.82) is 0 Å². The van der Waals surface area contributed by atoms with Gasteiger partial charge in [0, 0.05) is 13.1 Å². The molecule has 32 heavy (non-hydrogen) atoms. The number of carbonyl (C=O) groups excluding carboxylic acids is 3. The standard InChI is InChI=1S/C22H19F3N2O4S/c1-31-17-7-5-14(6-8-17)12-18-20(29)27(21(30)32-18)10-9-26-19(28)13-15-3-2-4-16(11-15)22(23,24)25/h2-8,11-12H,9-10,13H2,1H3,(H,26,28)/b18-12-. The summed E-state index contributed by atoms with van der Waals surface area (Å²) in [4.78, 5) is 38.0. The van der Waals surface area contributed by atoms with Crippen molar-refractivity contribution in [2.75, 3.05) is 20.2 Å². The van der Waals surface area contributed by atoms with E-state index in [1.54, 1.807) is 37.5 Å². The van der Waals surface area contributed by atoms with Crippen molar-refractivity contribution in [2.45, 2.75) is 12.6 Å². The van der Waals surface area contributed by atoms with Gasteiger partial charge in [0.15, 0.2) is 0 Å². The van der Waals surface area contributed by atoms with E-state index in [0.717, 1.165) is 34.4 Å². The molecule has 1 aliphatic rings.